The zero-order valence-electron chi connectivity index (χ0n) is 11.0. The highest BCUT2D eigenvalue weighted by atomic mass is 35.5. The normalized spacial score (nSPS) is 14.8. The lowest BCUT2D eigenvalue weighted by atomic mass is 9.99. The van der Waals surface area contributed by atoms with Gasteiger partial charge in [0.1, 0.15) is 5.75 Å². The Bertz CT molecular complexity index is 646. The van der Waals surface area contributed by atoms with Crippen LogP contribution in [0, 0.1) is 0 Å². The molecule has 3 rings (SSSR count). The number of ether oxygens (including phenoxy) is 1. The van der Waals surface area contributed by atoms with Crippen molar-refractivity contribution in [3.8, 4) is 5.75 Å². The van der Waals surface area contributed by atoms with Crippen LogP contribution in [0.25, 0.3) is 0 Å². The zero-order valence-corrected chi connectivity index (χ0v) is 12.5. The molecule has 0 aliphatic carbocycles. The fourth-order valence-electron chi connectivity index (χ4n) is 2.55. The Balaban J connectivity index is 2.09. The van der Waals surface area contributed by atoms with E-state index in [2.05, 4.69) is 16.4 Å². The number of nitrogens with zero attached hydrogens (tertiary/aromatic N) is 1. The van der Waals surface area contributed by atoms with Crippen LogP contribution in [0.5, 0.6) is 5.75 Å². The number of para-hydroxylation sites is 1. The maximum Gasteiger partial charge on any atom is 0.127 e. The average Bonchev–Trinajstić information content (AvgIpc) is 2.91. The average molecular weight is 309 g/mol. The predicted molar refractivity (Wildman–Crippen MR) is 80.8 cm³/mol. The van der Waals surface area contributed by atoms with Gasteiger partial charge in [0.25, 0.3) is 0 Å². The summed E-state index contributed by atoms with van der Waals surface area (Å²) in [7, 11) is 1.88. The SMILES string of the molecule is CNC(c1cccc2c1OCC2)c1ncc(Cl)cc1Cl. The van der Waals surface area contributed by atoms with E-state index in [0.717, 1.165) is 30.0 Å². The monoisotopic (exact) mass is 308 g/mol. The molecule has 0 fully saturated rings. The highest BCUT2D eigenvalue weighted by Crippen LogP contribution is 2.37. The van der Waals surface area contributed by atoms with E-state index in [-0.39, 0.29) is 6.04 Å². The van der Waals surface area contributed by atoms with Crippen LogP contribution in [0.3, 0.4) is 0 Å². The Morgan fingerprint density at radius 1 is 1.35 bits per heavy atom. The summed E-state index contributed by atoms with van der Waals surface area (Å²) >= 11 is 12.2. The molecule has 20 heavy (non-hydrogen) atoms. The number of pyridine rings is 1. The molecule has 3 nitrogen and oxygen atoms in total. The van der Waals surface area contributed by atoms with Crippen molar-refractivity contribution < 1.29 is 4.74 Å². The maximum atomic E-state index is 6.28. The summed E-state index contributed by atoms with van der Waals surface area (Å²) in [5.74, 6) is 0.944. The van der Waals surface area contributed by atoms with Crippen LogP contribution in [0.15, 0.2) is 30.5 Å². The zero-order chi connectivity index (χ0) is 14.1. The van der Waals surface area contributed by atoms with Gasteiger partial charge in [-0.1, -0.05) is 41.4 Å². The number of halogens is 2. The Morgan fingerprint density at radius 2 is 2.20 bits per heavy atom. The summed E-state index contributed by atoms with van der Waals surface area (Å²) in [6.45, 7) is 0.727. The van der Waals surface area contributed by atoms with Gasteiger partial charge in [-0.15, -0.1) is 0 Å². The molecule has 2 heterocycles. The first-order chi connectivity index (χ1) is 9.70. The summed E-state index contributed by atoms with van der Waals surface area (Å²) in [5.41, 5.74) is 3.04. The van der Waals surface area contributed by atoms with Gasteiger partial charge in [-0.2, -0.15) is 0 Å². The van der Waals surface area contributed by atoms with Crippen molar-refractivity contribution in [2.45, 2.75) is 12.5 Å². The van der Waals surface area contributed by atoms with Gasteiger partial charge in [-0.05, 0) is 18.7 Å². The third-order valence-corrected chi connectivity index (χ3v) is 3.96. The first-order valence-corrected chi connectivity index (χ1v) is 7.19. The van der Waals surface area contributed by atoms with Gasteiger partial charge < -0.3 is 10.1 Å². The summed E-state index contributed by atoms with van der Waals surface area (Å²) in [6.07, 6.45) is 2.55. The molecule has 0 spiro atoms. The largest absolute Gasteiger partial charge is 0.493 e. The van der Waals surface area contributed by atoms with Crippen LogP contribution < -0.4 is 10.1 Å². The number of fused-ring (bicyclic) bond motifs is 1. The van der Waals surface area contributed by atoms with E-state index in [1.54, 1.807) is 12.3 Å². The van der Waals surface area contributed by atoms with E-state index in [1.165, 1.54) is 5.56 Å². The third-order valence-electron chi connectivity index (χ3n) is 3.45. The molecule has 2 aromatic rings. The minimum atomic E-state index is -0.118. The molecule has 0 bridgehead atoms. The topological polar surface area (TPSA) is 34.1 Å². The number of nitrogens with one attached hydrogen (secondary N) is 1. The predicted octanol–water partition coefficient (Wildman–Crippen LogP) is 3.63. The summed E-state index contributed by atoms with van der Waals surface area (Å²) in [5, 5.41) is 4.33. The van der Waals surface area contributed by atoms with Crippen LogP contribution >= 0.6 is 23.2 Å². The summed E-state index contributed by atoms with van der Waals surface area (Å²) < 4.78 is 5.76. The lowest BCUT2D eigenvalue weighted by molar-refractivity contribution is 0.351. The molecule has 1 N–H and O–H groups in total. The van der Waals surface area contributed by atoms with Crippen LogP contribution in [-0.2, 0) is 6.42 Å². The molecule has 1 aliphatic heterocycles. The minimum Gasteiger partial charge on any atom is -0.493 e. The van der Waals surface area contributed by atoms with E-state index in [1.807, 2.05) is 19.2 Å². The molecule has 1 aromatic carbocycles. The van der Waals surface area contributed by atoms with Crippen LogP contribution in [-0.4, -0.2) is 18.6 Å². The molecule has 104 valence electrons. The number of hydrogen-bond acceptors (Lipinski definition) is 3. The molecular weight excluding hydrogens is 295 g/mol. The number of hydrogen-bond donors (Lipinski definition) is 1. The molecule has 5 heteroatoms. The fourth-order valence-corrected chi connectivity index (χ4v) is 3.03. The van der Waals surface area contributed by atoms with Crippen molar-refractivity contribution >= 4 is 23.2 Å². The quantitative estimate of drug-likeness (QED) is 0.940. The van der Waals surface area contributed by atoms with E-state index in [0.29, 0.717) is 10.0 Å². The van der Waals surface area contributed by atoms with Gasteiger partial charge in [0.15, 0.2) is 0 Å². The molecule has 0 saturated carbocycles. The highest BCUT2D eigenvalue weighted by Gasteiger charge is 2.24. The second-order valence-electron chi connectivity index (χ2n) is 4.68. The van der Waals surface area contributed by atoms with Gasteiger partial charge in [0, 0.05) is 18.2 Å². The second kappa shape index (κ2) is 5.60. The van der Waals surface area contributed by atoms with Crippen LogP contribution in [0.4, 0.5) is 0 Å². The van der Waals surface area contributed by atoms with Gasteiger partial charge >= 0.3 is 0 Å². The Kier molecular flexibility index (Phi) is 3.83. The molecule has 1 unspecified atom stereocenters. The fraction of sp³-hybridized carbons (Fsp3) is 0.267. The molecule has 0 radical (unpaired) electrons. The molecule has 0 amide bonds. The van der Waals surface area contributed by atoms with Gasteiger partial charge in [-0.3, -0.25) is 4.98 Å². The van der Waals surface area contributed by atoms with E-state index in [9.17, 15) is 0 Å². The molecule has 1 atom stereocenters. The van der Waals surface area contributed by atoms with E-state index < -0.39 is 0 Å². The highest BCUT2D eigenvalue weighted by molar-refractivity contribution is 6.34. The summed E-state index contributed by atoms with van der Waals surface area (Å²) in [4.78, 5) is 4.37. The number of benzene rings is 1. The molecular formula is C15H14Cl2N2O. The Morgan fingerprint density at radius 3 is 2.95 bits per heavy atom. The van der Waals surface area contributed by atoms with Crippen molar-refractivity contribution in [1.82, 2.24) is 10.3 Å². The van der Waals surface area contributed by atoms with E-state index in [4.69, 9.17) is 27.9 Å². The molecule has 1 aliphatic rings. The summed E-state index contributed by atoms with van der Waals surface area (Å²) in [6, 6.07) is 7.76. The number of rotatable bonds is 3. The van der Waals surface area contributed by atoms with Crippen LogP contribution in [0.2, 0.25) is 10.0 Å². The van der Waals surface area contributed by atoms with Gasteiger partial charge in [-0.25, -0.2) is 0 Å². The molecule has 1 aromatic heterocycles. The van der Waals surface area contributed by atoms with Crippen molar-refractivity contribution in [1.29, 1.82) is 0 Å². The lowest BCUT2D eigenvalue weighted by Gasteiger charge is -2.20. The smallest absolute Gasteiger partial charge is 0.127 e. The standard InChI is InChI=1S/C15H14Cl2N2O/c1-18-13(14-12(17)7-10(16)8-19-14)11-4-2-3-9-5-6-20-15(9)11/h2-4,7-8,13,18H,5-6H2,1H3. The van der Waals surface area contributed by atoms with Crippen molar-refractivity contribution in [3.63, 3.8) is 0 Å². The Hall–Kier alpha value is -1.29. The van der Waals surface area contributed by atoms with Gasteiger partial charge in [0.2, 0.25) is 0 Å². The number of aromatic nitrogens is 1. The van der Waals surface area contributed by atoms with E-state index >= 15 is 0 Å². The molecule has 0 saturated heterocycles. The lowest BCUT2D eigenvalue weighted by Crippen LogP contribution is -2.20. The van der Waals surface area contributed by atoms with Crippen molar-refractivity contribution in [3.05, 3.63) is 57.3 Å². The van der Waals surface area contributed by atoms with Crippen molar-refractivity contribution in [2.24, 2.45) is 0 Å². The maximum absolute atomic E-state index is 6.28. The second-order valence-corrected chi connectivity index (χ2v) is 5.52. The first-order valence-electron chi connectivity index (χ1n) is 6.43. The van der Waals surface area contributed by atoms with Crippen LogP contribution in [0.1, 0.15) is 22.9 Å². The van der Waals surface area contributed by atoms with Crippen molar-refractivity contribution in [2.75, 3.05) is 13.7 Å². The first kappa shape index (κ1) is 13.7. The Labute approximate surface area is 127 Å². The minimum absolute atomic E-state index is 0.118. The third kappa shape index (κ3) is 2.37. The van der Waals surface area contributed by atoms with Gasteiger partial charge in [0.05, 0.1) is 28.4 Å².